The van der Waals surface area contributed by atoms with E-state index in [0.717, 1.165) is 5.56 Å². The molecule has 2 rings (SSSR count). The molecule has 0 unspecified atom stereocenters. The van der Waals surface area contributed by atoms with Crippen LogP contribution in [0, 0.1) is 6.92 Å². The van der Waals surface area contributed by atoms with Crippen LogP contribution in [0.15, 0.2) is 34.7 Å². The van der Waals surface area contributed by atoms with Gasteiger partial charge >= 0.3 is 5.97 Å². The predicted molar refractivity (Wildman–Crippen MR) is 88.4 cm³/mol. The third-order valence-corrected chi connectivity index (χ3v) is 3.18. The van der Waals surface area contributed by atoms with E-state index in [1.807, 2.05) is 0 Å². The zero-order valence-electron chi connectivity index (χ0n) is 12.9. The zero-order chi connectivity index (χ0) is 16.1. The molecule has 0 spiro atoms. The first-order chi connectivity index (χ1) is 10.5. The van der Waals surface area contributed by atoms with Gasteiger partial charge in [-0.05, 0) is 30.7 Å². The van der Waals surface area contributed by atoms with Gasteiger partial charge in [-0.25, -0.2) is 4.79 Å². The molecule has 2 aromatic rings. The van der Waals surface area contributed by atoms with Crippen molar-refractivity contribution in [3.8, 4) is 0 Å². The second-order valence-corrected chi connectivity index (χ2v) is 4.87. The summed E-state index contributed by atoms with van der Waals surface area (Å²) in [4.78, 5) is 23.4. The highest BCUT2D eigenvalue weighted by molar-refractivity contribution is 5.90. The summed E-state index contributed by atoms with van der Waals surface area (Å²) in [5, 5.41) is 2.74. The van der Waals surface area contributed by atoms with Crippen molar-refractivity contribution in [2.24, 2.45) is 0 Å². The number of hydrogen-bond donors (Lipinski definition) is 2. The Hall–Kier alpha value is -2.47. The molecule has 0 fully saturated rings. The molecule has 0 saturated heterocycles. The summed E-state index contributed by atoms with van der Waals surface area (Å²) in [7, 11) is 1.31. The number of methoxy groups -OCH3 is 1. The Morgan fingerprint density at radius 3 is 2.52 bits per heavy atom. The number of carbonyl (C=O) groups is 2. The molecule has 6 nitrogen and oxygen atoms in total. The van der Waals surface area contributed by atoms with Crippen molar-refractivity contribution >= 4 is 30.0 Å². The molecule has 1 aromatic carbocycles. The third kappa shape index (κ3) is 5.03. The number of amides is 1. The maximum Gasteiger partial charge on any atom is 0.341 e. The highest BCUT2D eigenvalue weighted by Crippen LogP contribution is 2.15. The van der Waals surface area contributed by atoms with Crippen molar-refractivity contribution in [3.63, 3.8) is 0 Å². The fraction of sp³-hybridized carbons (Fsp3) is 0.250. The molecule has 0 bridgehead atoms. The topological polar surface area (TPSA) is 94.6 Å². The quantitative estimate of drug-likeness (QED) is 0.644. The standard InChI is InChI=1S/C16H18N2O4.ClH/c1-10-14(16(20)21-2)8-13(22-10)9-18-15(19)7-11-3-5-12(17)6-4-11;/h3-6,8H,7,9,17H2,1-2H3,(H,18,19);1H. The predicted octanol–water partition coefficient (Wildman–Crippen LogP) is 2.24. The van der Waals surface area contributed by atoms with Crippen molar-refractivity contribution < 1.29 is 18.7 Å². The number of halogens is 1. The zero-order valence-corrected chi connectivity index (χ0v) is 13.7. The Labute approximate surface area is 140 Å². The first kappa shape index (κ1) is 18.6. The summed E-state index contributed by atoms with van der Waals surface area (Å²) in [6.45, 7) is 1.89. The van der Waals surface area contributed by atoms with E-state index >= 15 is 0 Å². The van der Waals surface area contributed by atoms with Crippen LogP contribution in [0.3, 0.4) is 0 Å². The van der Waals surface area contributed by atoms with E-state index < -0.39 is 5.97 Å². The number of aryl methyl sites for hydroxylation is 1. The van der Waals surface area contributed by atoms with Crippen LogP contribution in [-0.4, -0.2) is 19.0 Å². The minimum Gasteiger partial charge on any atom is -0.465 e. The van der Waals surface area contributed by atoms with E-state index in [-0.39, 0.29) is 31.3 Å². The number of ether oxygens (including phenoxy) is 1. The van der Waals surface area contributed by atoms with Gasteiger partial charge in [0.1, 0.15) is 17.1 Å². The number of nitrogens with two attached hydrogens (primary N) is 1. The second kappa shape index (κ2) is 8.24. The summed E-state index contributed by atoms with van der Waals surface area (Å²) in [6, 6.07) is 8.69. The molecule has 7 heteroatoms. The molecule has 124 valence electrons. The first-order valence-corrected chi connectivity index (χ1v) is 6.78. The van der Waals surface area contributed by atoms with E-state index in [0.29, 0.717) is 22.8 Å². The summed E-state index contributed by atoms with van der Waals surface area (Å²) in [6.07, 6.45) is 0.254. The summed E-state index contributed by atoms with van der Waals surface area (Å²) in [5.74, 6) is 0.373. The number of rotatable bonds is 5. The molecule has 1 amide bonds. The molecule has 0 atom stereocenters. The van der Waals surface area contributed by atoms with Crippen molar-refractivity contribution in [1.29, 1.82) is 0 Å². The van der Waals surface area contributed by atoms with Crippen LogP contribution in [0.1, 0.15) is 27.4 Å². The van der Waals surface area contributed by atoms with Gasteiger partial charge < -0.3 is 20.2 Å². The number of carbonyl (C=O) groups excluding carboxylic acids is 2. The maximum atomic E-state index is 11.9. The monoisotopic (exact) mass is 338 g/mol. The number of furan rings is 1. The fourth-order valence-electron chi connectivity index (χ4n) is 2.01. The largest absolute Gasteiger partial charge is 0.465 e. The van der Waals surface area contributed by atoms with E-state index in [4.69, 9.17) is 10.2 Å². The van der Waals surface area contributed by atoms with Gasteiger partial charge in [0, 0.05) is 5.69 Å². The Bertz CT molecular complexity index is 680. The lowest BCUT2D eigenvalue weighted by Crippen LogP contribution is -2.24. The fourth-order valence-corrected chi connectivity index (χ4v) is 2.01. The molecule has 0 aliphatic rings. The van der Waals surface area contributed by atoms with Crippen LogP contribution >= 0.6 is 12.4 Å². The SMILES string of the molecule is COC(=O)c1cc(CNC(=O)Cc2ccc(N)cc2)oc1C.Cl. The Balaban J connectivity index is 0.00000264. The van der Waals surface area contributed by atoms with Crippen molar-refractivity contribution in [2.45, 2.75) is 19.9 Å². The smallest absolute Gasteiger partial charge is 0.341 e. The molecule has 1 heterocycles. The highest BCUT2D eigenvalue weighted by Gasteiger charge is 2.15. The van der Waals surface area contributed by atoms with Crippen molar-refractivity contribution in [3.05, 3.63) is 53.0 Å². The summed E-state index contributed by atoms with van der Waals surface area (Å²) >= 11 is 0. The van der Waals surface area contributed by atoms with Gasteiger partial charge in [-0.15, -0.1) is 12.4 Å². The van der Waals surface area contributed by atoms with Crippen LogP contribution in [-0.2, 0) is 22.5 Å². The first-order valence-electron chi connectivity index (χ1n) is 6.78. The Kier molecular flexibility index (Phi) is 6.65. The van der Waals surface area contributed by atoms with E-state index in [1.165, 1.54) is 7.11 Å². The van der Waals surface area contributed by atoms with Crippen molar-refractivity contribution in [1.82, 2.24) is 5.32 Å². The third-order valence-electron chi connectivity index (χ3n) is 3.18. The lowest BCUT2D eigenvalue weighted by Gasteiger charge is -2.04. The number of benzene rings is 1. The van der Waals surface area contributed by atoms with Gasteiger partial charge in [-0.3, -0.25) is 4.79 Å². The van der Waals surface area contributed by atoms with Crippen LogP contribution in [0.2, 0.25) is 0 Å². The van der Waals surface area contributed by atoms with Crippen LogP contribution in [0.25, 0.3) is 0 Å². The lowest BCUT2D eigenvalue weighted by molar-refractivity contribution is -0.120. The van der Waals surface area contributed by atoms with Gasteiger partial charge in [0.2, 0.25) is 5.91 Å². The van der Waals surface area contributed by atoms with E-state index in [1.54, 1.807) is 37.3 Å². The van der Waals surface area contributed by atoms with Crippen molar-refractivity contribution in [2.75, 3.05) is 12.8 Å². The minimum atomic E-state index is -0.458. The molecule has 0 aliphatic heterocycles. The highest BCUT2D eigenvalue weighted by atomic mass is 35.5. The molecular formula is C16H19ClN2O4. The maximum absolute atomic E-state index is 11.9. The number of hydrogen-bond acceptors (Lipinski definition) is 5. The minimum absolute atomic E-state index is 0. The van der Waals surface area contributed by atoms with Gasteiger partial charge in [-0.1, -0.05) is 12.1 Å². The average molecular weight is 339 g/mol. The molecule has 0 radical (unpaired) electrons. The number of esters is 1. The molecular weight excluding hydrogens is 320 g/mol. The van der Waals surface area contributed by atoms with Gasteiger partial charge in [0.25, 0.3) is 0 Å². The van der Waals surface area contributed by atoms with Crippen LogP contribution < -0.4 is 11.1 Å². The Morgan fingerprint density at radius 1 is 1.26 bits per heavy atom. The normalized spacial score (nSPS) is 9.83. The number of nitrogen functional groups attached to an aromatic ring is 1. The average Bonchev–Trinajstić information content (AvgIpc) is 2.88. The molecule has 0 saturated carbocycles. The lowest BCUT2D eigenvalue weighted by atomic mass is 10.1. The molecule has 23 heavy (non-hydrogen) atoms. The molecule has 3 N–H and O–H groups in total. The van der Waals surface area contributed by atoms with Gasteiger partial charge in [0.15, 0.2) is 0 Å². The number of nitrogens with one attached hydrogen (secondary N) is 1. The Morgan fingerprint density at radius 2 is 1.91 bits per heavy atom. The van der Waals surface area contributed by atoms with Crippen LogP contribution in [0.4, 0.5) is 5.69 Å². The second-order valence-electron chi connectivity index (χ2n) is 4.87. The van der Waals surface area contributed by atoms with E-state index in [9.17, 15) is 9.59 Å². The summed E-state index contributed by atoms with van der Waals surface area (Å²) < 4.78 is 10.1. The molecule has 0 aliphatic carbocycles. The van der Waals surface area contributed by atoms with Crippen LogP contribution in [0.5, 0.6) is 0 Å². The molecule has 1 aromatic heterocycles. The van der Waals surface area contributed by atoms with E-state index in [2.05, 4.69) is 10.1 Å². The van der Waals surface area contributed by atoms with Gasteiger partial charge in [-0.2, -0.15) is 0 Å². The number of anilines is 1. The summed E-state index contributed by atoms with van der Waals surface area (Å²) in [5.41, 5.74) is 7.49. The van der Waals surface area contributed by atoms with Gasteiger partial charge in [0.05, 0.1) is 20.1 Å².